The molecule has 1 aliphatic rings. The number of aliphatic carboxylic acids is 1. The first kappa shape index (κ1) is 66.9. The van der Waals surface area contributed by atoms with E-state index in [1.165, 1.54) is 32.1 Å². The van der Waals surface area contributed by atoms with Crippen molar-refractivity contribution in [2.24, 2.45) is 0 Å². The molecule has 416 valence electrons. The fourth-order valence-corrected chi connectivity index (χ4v) is 8.02. The number of carbonyl (C=O) groups is 4. The number of aliphatic hydroxyl groups excluding tert-OH is 2. The van der Waals surface area contributed by atoms with Gasteiger partial charge in [-0.2, -0.15) is 0 Å². The van der Waals surface area contributed by atoms with Crippen LogP contribution in [-0.4, -0.2) is 89.2 Å². The van der Waals surface area contributed by atoms with Crippen molar-refractivity contribution < 1.29 is 58.2 Å². The lowest BCUT2D eigenvalue weighted by atomic mass is 9.98. The van der Waals surface area contributed by atoms with Crippen LogP contribution in [-0.2, 0) is 42.9 Å². The van der Waals surface area contributed by atoms with E-state index in [2.05, 4.69) is 106 Å². The van der Waals surface area contributed by atoms with Crippen LogP contribution in [0, 0.1) is 0 Å². The van der Waals surface area contributed by atoms with Crippen LogP contribution in [0.2, 0.25) is 0 Å². The van der Waals surface area contributed by atoms with Crippen molar-refractivity contribution >= 4 is 23.9 Å². The summed E-state index contributed by atoms with van der Waals surface area (Å²) in [5.41, 5.74) is 0. The molecule has 6 unspecified atom stereocenters. The van der Waals surface area contributed by atoms with Crippen molar-refractivity contribution in [2.75, 3.05) is 13.2 Å². The summed E-state index contributed by atoms with van der Waals surface area (Å²) in [6.07, 6.45) is 49.9. The van der Waals surface area contributed by atoms with Gasteiger partial charge in [-0.15, -0.1) is 0 Å². The van der Waals surface area contributed by atoms with Gasteiger partial charge < -0.3 is 39.0 Å². The maximum atomic E-state index is 13.1. The quantitative estimate of drug-likeness (QED) is 0.0228. The average Bonchev–Trinajstić information content (AvgIpc) is 3.37. The molecule has 0 bridgehead atoms. The Kier molecular flexibility index (Phi) is 44.7. The summed E-state index contributed by atoms with van der Waals surface area (Å²) >= 11 is 0. The van der Waals surface area contributed by atoms with Crippen LogP contribution in [0.25, 0.3) is 0 Å². The van der Waals surface area contributed by atoms with Gasteiger partial charge in [0, 0.05) is 19.3 Å². The van der Waals surface area contributed by atoms with E-state index in [0.29, 0.717) is 19.3 Å². The Bertz CT molecular complexity index is 1590. The molecule has 1 saturated heterocycles. The molecule has 0 amide bonds. The second kappa shape index (κ2) is 48.8. The highest BCUT2D eigenvalue weighted by atomic mass is 16.7. The van der Waals surface area contributed by atoms with Crippen LogP contribution in [0.5, 0.6) is 0 Å². The third-order valence-corrected chi connectivity index (χ3v) is 12.4. The van der Waals surface area contributed by atoms with E-state index in [1.54, 1.807) is 0 Å². The number of carbonyl (C=O) groups excluding carboxylic acids is 3. The number of carboxylic acid groups (broad SMARTS) is 1. The zero-order valence-electron chi connectivity index (χ0n) is 45.6. The van der Waals surface area contributed by atoms with Crippen LogP contribution in [0.1, 0.15) is 226 Å². The SMILES string of the molecule is CC/C=C\C/C=C\C/C=C\C/C=C\CCCCC(=O)OCC(COC1OC(C(=O)O)C(O)C(O)C1OC(=O)CCCCCCCCC/C=C\C/C=C\CCCCC)OC(=O)CCCCCCC/C=C\CCCC. The van der Waals surface area contributed by atoms with Crippen LogP contribution in [0.4, 0.5) is 0 Å². The molecule has 0 aromatic rings. The molecule has 1 fully saturated rings. The molecule has 0 aliphatic carbocycles. The summed E-state index contributed by atoms with van der Waals surface area (Å²) in [6, 6.07) is 0. The van der Waals surface area contributed by atoms with E-state index in [4.69, 9.17) is 23.7 Å². The Morgan fingerprint density at radius 1 is 0.466 bits per heavy atom. The summed E-state index contributed by atoms with van der Waals surface area (Å²) in [5.74, 6) is -3.20. The first-order valence-corrected chi connectivity index (χ1v) is 28.6. The molecular weight excluding hydrogens is 925 g/mol. The van der Waals surface area contributed by atoms with Gasteiger partial charge in [-0.3, -0.25) is 14.4 Å². The topological polar surface area (TPSA) is 175 Å². The second-order valence-electron chi connectivity index (χ2n) is 19.2. The van der Waals surface area contributed by atoms with E-state index in [1.807, 2.05) is 0 Å². The monoisotopic (exact) mass is 1020 g/mol. The van der Waals surface area contributed by atoms with Crippen molar-refractivity contribution in [1.82, 2.24) is 0 Å². The van der Waals surface area contributed by atoms with E-state index >= 15 is 0 Å². The predicted molar refractivity (Wildman–Crippen MR) is 294 cm³/mol. The molecule has 3 N–H and O–H groups in total. The number of hydrogen-bond donors (Lipinski definition) is 3. The fourth-order valence-electron chi connectivity index (χ4n) is 8.02. The summed E-state index contributed by atoms with van der Waals surface area (Å²) in [7, 11) is 0. The van der Waals surface area contributed by atoms with E-state index in [0.717, 1.165) is 135 Å². The molecule has 1 aliphatic heterocycles. The highest BCUT2D eigenvalue weighted by Gasteiger charge is 2.50. The van der Waals surface area contributed by atoms with Gasteiger partial charge in [-0.25, -0.2) is 4.79 Å². The lowest BCUT2D eigenvalue weighted by Crippen LogP contribution is -2.61. The molecule has 1 rings (SSSR count). The van der Waals surface area contributed by atoms with E-state index in [9.17, 15) is 34.5 Å². The highest BCUT2D eigenvalue weighted by Crippen LogP contribution is 2.26. The van der Waals surface area contributed by atoms with Gasteiger partial charge in [0.2, 0.25) is 0 Å². The minimum absolute atomic E-state index is 0.0436. The van der Waals surface area contributed by atoms with E-state index in [-0.39, 0.29) is 25.9 Å². The molecule has 0 aromatic heterocycles. The minimum Gasteiger partial charge on any atom is -0.479 e. The zero-order valence-corrected chi connectivity index (χ0v) is 45.6. The maximum absolute atomic E-state index is 13.1. The molecule has 0 aromatic carbocycles. The highest BCUT2D eigenvalue weighted by molar-refractivity contribution is 5.74. The predicted octanol–water partition coefficient (Wildman–Crippen LogP) is 14.3. The molecule has 0 saturated carbocycles. The van der Waals surface area contributed by atoms with Gasteiger partial charge >= 0.3 is 23.9 Å². The largest absolute Gasteiger partial charge is 0.479 e. The standard InChI is InChI=1S/C61H100O12/c1-4-7-10-13-16-19-22-24-26-27-29-31-34-37-40-43-46-49-55(64)72-59-57(66)56(65)58(60(67)68)73-61(59)70-51-52(71-54(63)48-45-42-39-36-32-21-18-15-12-9-6-3)50-69-53(62)47-44-41-38-35-33-30-28-25-23-20-17-14-11-8-5-2/h8,11,15-20,24-26,28,33,35,52,56-59,61,65-66H,4-7,9-10,12-14,21-23,27,29-32,34,36-51H2,1-3H3,(H,67,68)/b11-8-,18-15-,19-16-,20-17-,26-24-,28-25-,35-33-. The Balaban J connectivity index is 2.72. The molecule has 6 atom stereocenters. The first-order valence-electron chi connectivity index (χ1n) is 28.6. The Morgan fingerprint density at radius 2 is 0.877 bits per heavy atom. The number of unbranched alkanes of at least 4 members (excludes halogenated alkanes) is 19. The summed E-state index contributed by atoms with van der Waals surface area (Å²) in [4.78, 5) is 51.0. The molecule has 0 radical (unpaired) electrons. The van der Waals surface area contributed by atoms with Crippen LogP contribution in [0.3, 0.4) is 0 Å². The zero-order chi connectivity index (χ0) is 53.3. The molecule has 73 heavy (non-hydrogen) atoms. The van der Waals surface area contributed by atoms with Gasteiger partial charge in [-0.1, -0.05) is 183 Å². The van der Waals surface area contributed by atoms with Gasteiger partial charge in [0.1, 0.15) is 18.8 Å². The Hall–Kier alpha value is -4.10. The van der Waals surface area contributed by atoms with Crippen molar-refractivity contribution in [3.8, 4) is 0 Å². The van der Waals surface area contributed by atoms with Crippen molar-refractivity contribution in [3.05, 3.63) is 85.1 Å². The molecule has 12 nitrogen and oxygen atoms in total. The molecule has 0 spiro atoms. The number of hydrogen-bond acceptors (Lipinski definition) is 11. The number of allylic oxidation sites excluding steroid dienone is 14. The summed E-state index contributed by atoms with van der Waals surface area (Å²) in [6.45, 7) is 5.75. The van der Waals surface area contributed by atoms with Crippen LogP contribution < -0.4 is 0 Å². The molecule has 12 heteroatoms. The van der Waals surface area contributed by atoms with Gasteiger partial charge in [-0.05, 0) is 109 Å². The Morgan fingerprint density at radius 3 is 1.40 bits per heavy atom. The lowest BCUT2D eigenvalue weighted by Gasteiger charge is -2.40. The summed E-state index contributed by atoms with van der Waals surface area (Å²) < 4.78 is 28.3. The van der Waals surface area contributed by atoms with Crippen LogP contribution in [0.15, 0.2) is 85.1 Å². The second-order valence-corrected chi connectivity index (χ2v) is 19.2. The third kappa shape index (κ3) is 39.0. The van der Waals surface area contributed by atoms with Crippen molar-refractivity contribution in [1.29, 1.82) is 0 Å². The van der Waals surface area contributed by atoms with Gasteiger partial charge in [0.05, 0.1) is 6.61 Å². The maximum Gasteiger partial charge on any atom is 0.335 e. The molecule has 1 heterocycles. The minimum atomic E-state index is -1.91. The van der Waals surface area contributed by atoms with Crippen molar-refractivity contribution in [2.45, 2.75) is 263 Å². The number of aliphatic hydroxyl groups is 2. The Labute approximate surface area is 441 Å². The number of ether oxygens (including phenoxy) is 5. The third-order valence-electron chi connectivity index (χ3n) is 12.4. The molecular formula is C61H100O12. The normalized spacial score (nSPS) is 18.9. The average molecular weight is 1030 g/mol. The van der Waals surface area contributed by atoms with Crippen molar-refractivity contribution in [3.63, 3.8) is 0 Å². The first-order chi connectivity index (χ1) is 35.6. The fraction of sp³-hybridized carbons (Fsp3) is 0.705. The summed E-state index contributed by atoms with van der Waals surface area (Å²) in [5, 5.41) is 31.4. The van der Waals surface area contributed by atoms with Crippen LogP contribution >= 0.6 is 0 Å². The van der Waals surface area contributed by atoms with Gasteiger partial charge in [0.15, 0.2) is 24.6 Å². The number of carboxylic acids is 1. The smallest absolute Gasteiger partial charge is 0.335 e. The lowest BCUT2D eigenvalue weighted by molar-refractivity contribution is -0.301. The number of esters is 3. The van der Waals surface area contributed by atoms with E-state index < -0.39 is 67.3 Å². The van der Waals surface area contributed by atoms with Gasteiger partial charge in [0.25, 0.3) is 0 Å². The number of rotatable bonds is 47.